The van der Waals surface area contributed by atoms with Gasteiger partial charge in [-0.25, -0.2) is 17.1 Å². The average molecular weight is 280 g/mol. The zero-order valence-corrected chi connectivity index (χ0v) is 11.4. The molecule has 0 saturated carbocycles. The molecule has 0 aliphatic heterocycles. The molecule has 0 fully saturated rings. The maximum absolute atomic E-state index is 13.0. The summed E-state index contributed by atoms with van der Waals surface area (Å²) in [6, 6.07) is 3.41. The number of hydrogen-bond donors (Lipinski definition) is 0. The lowest BCUT2D eigenvalue weighted by molar-refractivity contribution is 0.459. The van der Waals surface area contributed by atoms with E-state index in [-0.39, 0.29) is 9.92 Å². The Morgan fingerprint density at radius 2 is 2.06 bits per heavy atom. The Kier molecular flexibility index (Phi) is 4.91. The quantitative estimate of drug-likeness (QED) is 0.831. The molecule has 17 heavy (non-hydrogen) atoms. The Labute approximate surface area is 106 Å². The fourth-order valence-corrected chi connectivity index (χ4v) is 2.80. The highest BCUT2D eigenvalue weighted by atomic mass is 35.5. The molecule has 1 aromatic rings. The van der Waals surface area contributed by atoms with Gasteiger partial charge in [0.05, 0.1) is 9.92 Å². The van der Waals surface area contributed by atoms with Gasteiger partial charge in [0.15, 0.2) is 0 Å². The van der Waals surface area contributed by atoms with Crippen LogP contribution in [0.1, 0.15) is 19.8 Å². The van der Waals surface area contributed by atoms with Crippen LogP contribution in [-0.4, -0.2) is 26.3 Å². The Bertz CT molecular complexity index is 490. The highest BCUT2D eigenvalue weighted by Crippen LogP contribution is 2.21. The smallest absolute Gasteiger partial charge is 0.207 e. The van der Waals surface area contributed by atoms with E-state index in [9.17, 15) is 12.8 Å². The van der Waals surface area contributed by atoms with Crippen molar-refractivity contribution >= 4 is 21.6 Å². The maximum Gasteiger partial charge on any atom is 0.242 e. The van der Waals surface area contributed by atoms with Gasteiger partial charge in [0.25, 0.3) is 0 Å². The molecule has 1 rings (SSSR count). The van der Waals surface area contributed by atoms with Crippen LogP contribution < -0.4 is 0 Å². The van der Waals surface area contributed by atoms with Gasteiger partial charge in [0, 0.05) is 13.6 Å². The highest BCUT2D eigenvalue weighted by molar-refractivity contribution is 7.89. The van der Waals surface area contributed by atoms with Crippen LogP contribution >= 0.6 is 11.6 Å². The lowest BCUT2D eigenvalue weighted by atomic mass is 10.3. The number of benzene rings is 1. The number of rotatable bonds is 5. The van der Waals surface area contributed by atoms with Gasteiger partial charge >= 0.3 is 0 Å². The predicted molar refractivity (Wildman–Crippen MR) is 66.1 cm³/mol. The van der Waals surface area contributed by atoms with Crippen LogP contribution in [0.15, 0.2) is 23.1 Å². The average Bonchev–Trinajstić information content (AvgIpc) is 2.29. The van der Waals surface area contributed by atoms with Crippen molar-refractivity contribution in [3.63, 3.8) is 0 Å². The van der Waals surface area contributed by atoms with E-state index < -0.39 is 15.8 Å². The summed E-state index contributed by atoms with van der Waals surface area (Å²) in [7, 11) is -2.07. The molecule has 96 valence electrons. The lowest BCUT2D eigenvalue weighted by Gasteiger charge is -2.16. The first kappa shape index (κ1) is 14.4. The van der Waals surface area contributed by atoms with Crippen LogP contribution in [0.2, 0.25) is 5.02 Å². The minimum absolute atomic E-state index is 0.0162. The molecule has 6 heteroatoms. The summed E-state index contributed by atoms with van der Waals surface area (Å²) >= 11 is 5.57. The number of unbranched alkanes of at least 4 members (excludes halogenated alkanes) is 1. The minimum Gasteiger partial charge on any atom is -0.207 e. The van der Waals surface area contributed by atoms with Crippen LogP contribution in [0, 0.1) is 5.82 Å². The third-order valence-corrected chi connectivity index (χ3v) is 4.57. The second-order valence-corrected chi connectivity index (χ2v) is 6.21. The zero-order valence-electron chi connectivity index (χ0n) is 9.78. The molecule has 0 saturated heterocycles. The molecule has 0 amide bonds. The van der Waals surface area contributed by atoms with Crippen molar-refractivity contribution in [2.24, 2.45) is 0 Å². The number of sulfonamides is 1. The minimum atomic E-state index is -3.57. The van der Waals surface area contributed by atoms with Crippen molar-refractivity contribution in [3.05, 3.63) is 29.0 Å². The molecule has 0 aromatic heterocycles. The third-order valence-electron chi connectivity index (χ3n) is 2.43. The second kappa shape index (κ2) is 5.80. The first-order valence-corrected chi connectivity index (χ1v) is 7.12. The normalized spacial score (nSPS) is 12.1. The Morgan fingerprint density at radius 1 is 1.41 bits per heavy atom. The first-order valence-electron chi connectivity index (χ1n) is 5.31. The van der Waals surface area contributed by atoms with E-state index in [0.29, 0.717) is 6.54 Å². The molecule has 1 aromatic carbocycles. The highest BCUT2D eigenvalue weighted by Gasteiger charge is 2.21. The van der Waals surface area contributed by atoms with Gasteiger partial charge in [0.2, 0.25) is 10.0 Å². The Morgan fingerprint density at radius 3 is 2.59 bits per heavy atom. The number of nitrogens with zero attached hydrogens (tertiary/aromatic N) is 1. The monoisotopic (exact) mass is 279 g/mol. The van der Waals surface area contributed by atoms with E-state index in [1.54, 1.807) is 0 Å². The van der Waals surface area contributed by atoms with Crippen LogP contribution in [0.25, 0.3) is 0 Å². The van der Waals surface area contributed by atoms with Crippen molar-refractivity contribution < 1.29 is 12.8 Å². The maximum atomic E-state index is 13.0. The summed E-state index contributed by atoms with van der Waals surface area (Å²) in [4.78, 5) is 0.0162. The Balaban J connectivity index is 3.00. The van der Waals surface area contributed by atoms with Crippen molar-refractivity contribution in [3.8, 4) is 0 Å². The molecular weight excluding hydrogens is 265 g/mol. The molecule has 0 bridgehead atoms. The molecule has 0 N–H and O–H groups in total. The standard InChI is InChI=1S/C11H15ClFNO2S/c1-3-4-7-14(2)17(15,16)9-5-6-11(13)10(12)8-9/h5-6,8H,3-4,7H2,1-2H3. The molecule has 0 radical (unpaired) electrons. The van der Waals surface area contributed by atoms with Crippen LogP contribution in [0.4, 0.5) is 4.39 Å². The summed E-state index contributed by atoms with van der Waals surface area (Å²) in [5, 5.41) is -0.185. The van der Waals surface area contributed by atoms with E-state index in [1.807, 2.05) is 6.92 Å². The fraction of sp³-hybridized carbons (Fsp3) is 0.455. The van der Waals surface area contributed by atoms with Crippen molar-refractivity contribution in [2.45, 2.75) is 24.7 Å². The predicted octanol–water partition coefficient (Wildman–Crippen LogP) is 2.90. The molecule has 0 atom stereocenters. The van der Waals surface area contributed by atoms with Crippen molar-refractivity contribution in [1.29, 1.82) is 0 Å². The van der Waals surface area contributed by atoms with Gasteiger partial charge in [0.1, 0.15) is 5.82 Å². The summed E-state index contributed by atoms with van der Waals surface area (Å²) in [5.74, 6) is -0.623. The lowest BCUT2D eigenvalue weighted by Crippen LogP contribution is -2.27. The van der Waals surface area contributed by atoms with Crippen molar-refractivity contribution in [2.75, 3.05) is 13.6 Å². The molecule has 0 unspecified atom stereocenters. The van der Waals surface area contributed by atoms with Gasteiger partial charge in [-0.3, -0.25) is 0 Å². The number of hydrogen-bond acceptors (Lipinski definition) is 2. The van der Waals surface area contributed by atoms with Gasteiger partial charge in [-0.15, -0.1) is 0 Å². The van der Waals surface area contributed by atoms with Crippen molar-refractivity contribution in [1.82, 2.24) is 4.31 Å². The third kappa shape index (κ3) is 3.40. The zero-order chi connectivity index (χ0) is 13.1. The first-order chi connectivity index (χ1) is 7.89. The topological polar surface area (TPSA) is 37.4 Å². The van der Waals surface area contributed by atoms with Crippen LogP contribution in [-0.2, 0) is 10.0 Å². The summed E-state index contributed by atoms with van der Waals surface area (Å²) in [6.07, 6.45) is 1.69. The largest absolute Gasteiger partial charge is 0.242 e. The van der Waals surface area contributed by atoms with Gasteiger partial charge < -0.3 is 0 Å². The van der Waals surface area contributed by atoms with Gasteiger partial charge in [-0.05, 0) is 24.6 Å². The Hall–Kier alpha value is -0.650. The molecule has 0 aliphatic carbocycles. The van der Waals surface area contributed by atoms with Gasteiger partial charge in [-0.2, -0.15) is 0 Å². The summed E-state index contributed by atoms with van der Waals surface area (Å²) in [6.45, 7) is 2.42. The molecule has 3 nitrogen and oxygen atoms in total. The second-order valence-electron chi connectivity index (χ2n) is 3.76. The fourth-order valence-electron chi connectivity index (χ4n) is 1.32. The van der Waals surface area contributed by atoms with E-state index in [0.717, 1.165) is 25.0 Å². The van der Waals surface area contributed by atoms with E-state index in [2.05, 4.69) is 0 Å². The van der Waals surface area contributed by atoms with E-state index in [4.69, 9.17) is 11.6 Å². The molecule has 0 spiro atoms. The summed E-state index contributed by atoms with van der Waals surface area (Å²) in [5.41, 5.74) is 0. The van der Waals surface area contributed by atoms with Crippen LogP contribution in [0.5, 0.6) is 0 Å². The van der Waals surface area contributed by atoms with E-state index >= 15 is 0 Å². The van der Waals surface area contributed by atoms with Gasteiger partial charge in [-0.1, -0.05) is 24.9 Å². The molecule has 0 aliphatic rings. The number of halogens is 2. The SMILES string of the molecule is CCCCN(C)S(=O)(=O)c1ccc(F)c(Cl)c1. The molecule has 0 heterocycles. The molecular formula is C11H15ClFNO2S. The summed E-state index contributed by atoms with van der Waals surface area (Å²) < 4.78 is 38.3. The van der Waals surface area contributed by atoms with Crippen LogP contribution in [0.3, 0.4) is 0 Å². The van der Waals surface area contributed by atoms with E-state index in [1.165, 1.54) is 17.4 Å².